The Morgan fingerprint density at radius 1 is 0.882 bits per heavy atom. The quantitative estimate of drug-likeness (QED) is 0.283. The van der Waals surface area contributed by atoms with Crippen molar-refractivity contribution in [3.8, 4) is 28.1 Å². The van der Waals surface area contributed by atoms with Crippen LogP contribution in [-0.2, 0) is 0 Å². The normalized spacial score (nSPS) is 11.0. The third kappa shape index (κ3) is 3.84. The Hall–Kier alpha value is -3.96. The lowest BCUT2D eigenvalue weighted by atomic mass is 9.98. The van der Waals surface area contributed by atoms with Crippen LogP contribution >= 0.6 is 11.3 Å². The van der Waals surface area contributed by atoms with Crippen molar-refractivity contribution in [2.24, 2.45) is 0 Å². The van der Waals surface area contributed by atoms with Crippen LogP contribution in [0.15, 0.2) is 78.9 Å². The SMILES string of the molecule is COc1ccc(-c2cc(-c3ccccc3)nc3sc(C(=O)c4ccc(C)c(C)c4)c(N)c23)cc1. The molecular formula is C29H24N2O2S. The Kier molecular flexibility index (Phi) is 5.64. The maximum atomic E-state index is 13.5. The largest absolute Gasteiger partial charge is 0.497 e. The minimum Gasteiger partial charge on any atom is -0.497 e. The van der Waals surface area contributed by atoms with E-state index in [9.17, 15) is 4.79 Å². The van der Waals surface area contributed by atoms with E-state index in [1.165, 1.54) is 11.3 Å². The van der Waals surface area contributed by atoms with Gasteiger partial charge in [0, 0.05) is 16.5 Å². The first-order valence-electron chi connectivity index (χ1n) is 11.0. The monoisotopic (exact) mass is 464 g/mol. The van der Waals surface area contributed by atoms with Crippen LogP contribution in [0.2, 0.25) is 0 Å². The molecule has 0 atom stereocenters. The number of nitrogens with two attached hydrogens (primary N) is 1. The average Bonchev–Trinajstić information content (AvgIpc) is 3.21. The summed E-state index contributed by atoms with van der Waals surface area (Å²) in [5, 5.41) is 0.807. The number of ether oxygens (including phenoxy) is 1. The fourth-order valence-corrected chi connectivity index (χ4v) is 5.14. The smallest absolute Gasteiger partial charge is 0.205 e. The van der Waals surface area contributed by atoms with E-state index in [0.717, 1.165) is 49.5 Å². The first kappa shape index (κ1) is 21.9. The van der Waals surface area contributed by atoms with E-state index in [1.807, 2.05) is 92.7 Å². The molecule has 0 fully saturated rings. The number of anilines is 1. The summed E-state index contributed by atoms with van der Waals surface area (Å²) in [5.41, 5.74) is 13.8. The van der Waals surface area contributed by atoms with Gasteiger partial charge in [-0.05, 0) is 60.4 Å². The predicted octanol–water partition coefficient (Wildman–Crippen LogP) is 7.07. The third-order valence-corrected chi connectivity index (χ3v) is 7.24. The summed E-state index contributed by atoms with van der Waals surface area (Å²) >= 11 is 1.35. The van der Waals surface area contributed by atoms with Crippen LogP contribution < -0.4 is 10.5 Å². The van der Waals surface area contributed by atoms with E-state index in [1.54, 1.807) is 7.11 Å². The van der Waals surface area contributed by atoms with Crippen LogP contribution in [0.3, 0.4) is 0 Å². The standard InChI is InChI=1S/C29H24N2O2S/c1-17-9-10-21(15-18(17)2)27(32)28-26(30)25-23(19-11-13-22(33-3)14-12-19)16-24(31-29(25)34-28)20-7-5-4-6-8-20/h4-16H,30H2,1-3H3. The highest BCUT2D eigenvalue weighted by Crippen LogP contribution is 2.42. The molecule has 5 rings (SSSR count). The van der Waals surface area contributed by atoms with Crippen molar-refractivity contribution in [1.82, 2.24) is 4.98 Å². The average molecular weight is 465 g/mol. The number of fused-ring (bicyclic) bond motifs is 1. The van der Waals surface area contributed by atoms with E-state index < -0.39 is 0 Å². The fraction of sp³-hybridized carbons (Fsp3) is 0.103. The van der Waals surface area contributed by atoms with Crippen molar-refractivity contribution >= 4 is 33.0 Å². The van der Waals surface area contributed by atoms with Gasteiger partial charge in [0.1, 0.15) is 15.5 Å². The number of carbonyl (C=O) groups is 1. The summed E-state index contributed by atoms with van der Waals surface area (Å²) in [6.45, 7) is 4.05. The maximum absolute atomic E-state index is 13.5. The fourth-order valence-electron chi connectivity index (χ4n) is 4.06. The molecule has 168 valence electrons. The number of rotatable bonds is 5. The van der Waals surface area contributed by atoms with E-state index in [2.05, 4.69) is 0 Å². The molecule has 0 unspecified atom stereocenters. The van der Waals surface area contributed by atoms with Crippen LogP contribution in [-0.4, -0.2) is 17.9 Å². The summed E-state index contributed by atoms with van der Waals surface area (Å²) < 4.78 is 5.33. The first-order chi connectivity index (χ1) is 16.5. The lowest BCUT2D eigenvalue weighted by Gasteiger charge is -2.10. The molecule has 0 saturated carbocycles. The van der Waals surface area contributed by atoms with E-state index >= 15 is 0 Å². The number of aryl methyl sites for hydroxylation is 2. The van der Waals surface area contributed by atoms with Gasteiger partial charge in [-0.1, -0.05) is 54.6 Å². The number of nitrogens with zero attached hydrogens (tertiary/aromatic N) is 1. The topological polar surface area (TPSA) is 65.2 Å². The molecule has 0 aliphatic rings. The van der Waals surface area contributed by atoms with Gasteiger partial charge >= 0.3 is 0 Å². The number of benzene rings is 3. The molecule has 34 heavy (non-hydrogen) atoms. The second kappa shape index (κ2) is 8.76. The van der Waals surface area contributed by atoms with Gasteiger partial charge in [-0.15, -0.1) is 11.3 Å². The molecule has 0 bridgehead atoms. The molecule has 0 aliphatic carbocycles. The van der Waals surface area contributed by atoms with E-state index in [4.69, 9.17) is 15.5 Å². The van der Waals surface area contributed by atoms with Crippen molar-refractivity contribution in [2.45, 2.75) is 13.8 Å². The van der Waals surface area contributed by atoms with Crippen LogP contribution in [0, 0.1) is 13.8 Å². The zero-order valence-electron chi connectivity index (χ0n) is 19.3. The van der Waals surface area contributed by atoms with Gasteiger partial charge in [0.05, 0.1) is 18.5 Å². The predicted molar refractivity (Wildman–Crippen MR) is 141 cm³/mol. The molecular weight excluding hydrogens is 440 g/mol. The van der Waals surface area contributed by atoms with Crippen LogP contribution in [0.25, 0.3) is 32.6 Å². The molecule has 5 heteroatoms. The highest BCUT2D eigenvalue weighted by molar-refractivity contribution is 7.21. The molecule has 0 amide bonds. The Balaban J connectivity index is 1.73. The molecule has 2 aromatic heterocycles. The number of hydrogen-bond acceptors (Lipinski definition) is 5. The van der Waals surface area contributed by atoms with Gasteiger partial charge < -0.3 is 10.5 Å². The molecule has 0 saturated heterocycles. The highest BCUT2D eigenvalue weighted by Gasteiger charge is 2.23. The van der Waals surface area contributed by atoms with Crippen LogP contribution in [0.5, 0.6) is 5.75 Å². The number of ketones is 1. The maximum Gasteiger partial charge on any atom is 0.205 e. The zero-order chi connectivity index (χ0) is 23.8. The summed E-state index contributed by atoms with van der Waals surface area (Å²) in [6, 6.07) is 25.7. The Labute approximate surface area is 202 Å². The lowest BCUT2D eigenvalue weighted by molar-refractivity contribution is 0.104. The summed E-state index contributed by atoms with van der Waals surface area (Å²) in [5.74, 6) is 0.701. The van der Waals surface area contributed by atoms with Crippen molar-refractivity contribution in [2.75, 3.05) is 12.8 Å². The summed E-state index contributed by atoms with van der Waals surface area (Å²) in [4.78, 5) is 19.7. The molecule has 5 aromatic rings. The van der Waals surface area contributed by atoms with Gasteiger partial charge in [0.15, 0.2) is 0 Å². The number of hydrogen-bond donors (Lipinski definition) is 1. The minimum atomic E-state index is -0.0782. The van der Waals surface area contributed by atoms with E-state index in [0.29, 0.717) is 16.1 Å². The first-order valence-corrected chi connectivity index (χ1v) is 11.8. The van der Waals surface area contributed by atoms with Crippen LogP contribution in [0.4, 0.5) is 5.69 Å². The molecule has 2 N–H and O–H groups in total. The van der Waals surface area contributed by atoms with Crippen molar-refractivity contribution in [3.63, 3.8) is 0 Å². The number of pyridine rings is 1. The molecule has 4 nitrogen and oxygen atoms in total. The Morgan fingerprint density at radius 2 is 1.62 bits per heavy atom. The second-order valence-electron chi connectivity index (χ2n) is 8.30. The molecule has 0 spiro atoms. The summed E-state index contributed by atoms with van der Waals surface area (Å²) in [7, 11) is 1.65. The van der Waals surface area contributed by atoms with Gasteiger partial charge in [-0.2, -0.15) is 0 Å². The van der Waals surface area contributed by atoms with E-state index in [-0.39, 0.29) is 5.78 Å². The van der Waals surface area contributed by atoms with Crippen LogP contribution in [0.1, 0.15) is 26.4 Å². The number of thiophene rings is 1. The lowest BCUT2D eigenvalue weighted by Crippen LogP contribution is -2.03. The van der Waals surface area contributed by atoms with Crippen molar-refractivity contribution in [1.29, 1.82) is 0 Å². The van der Waals surface area contributed by atoms with Gasteiger partial charge in [0.2, 0.25) is 5.78 Å². The zero-order valence-corrected chi connectivity index (χ0v) is 20.1. The van der Waals surface area contributed by atoms with Crippen molar-refractivity contribution < 1.29 is 9.53 Å². The minimum absolute atomic E-state index is 0.0782. The van der Waals surface area contributed by atoms with Gasteiger partial charge in [0.25, 0.3) is 0 Å². The van der Waals surface area contributed by atoms with Gasteiger partial charge in [-0.25, -0.2) is 4.98 Å². The third-order valence-electron chi connectivity index (χ3n) is 6.14. The second-order valence-corrected chi connectivity index (χ2v) is 9.30. The molecule has 2 heterocycles. The number of nitrogen functional groups attached to an aromatic ring is 1. The number of methoxy groups -OCH3 is 1. The highest BCUT2D eigenvalue weighted by atomic mass is 32.1. The molecule has 0 aliphatic heterocycles. The Morgan fingerprint density at radius 3 is 2.29 bits per heavy atom. The number of aromatic nitrogens is 1. The Bertz CT molecular complexity index is 1520. The number of carbonyl (C=O) groups excluding carboxylic acids is 1. The molecule has 3 aromatic carbocycles. The van der Waals surface area contributed by atoms with Crippen molar-refractivity contribution in [3.05, 3.63) is 100 Å². The molecule has 0 radical (unpaired) electrons. The van der Waals surface area contributed by atoms with Gasteiger partial charge in [-0.3, -0.25) is 4.79 Å². The summed E-state index contributed by atoms with van der Waals surface area (Å²) in [6.07, 6.45) is 0.